The van der Waals surface area contributed by atoms with E-state index in [-0.39, 0.29) is 17.3 Å². The van der Waals surface area contributed by atoms with Crippen LogP contribution in [0.25, 0.3) is 0 Å². The van der Waals surface area contributed by atoms with Crippen molar-refractivity contribution in [2.24, 2.45) is 0 Å². The van der Waals surface area contributed by atoms with Gasteiger partial charge in [-0.2, -0.15) is 0 Å². The molecule has 0 atom stereocenters. The lowest BCUT2D eigenvalue weighted by Gasteiger charge is -2.06. The Morgan fingerprint density at radius 1 is 1.29 bits per heavy atom. The number of hydrogen-bond acceptors (Lipinski definition) is 3. The van der Waals surface area contributed by atoms with E-state index in [9.17, 15) is 14.0 Å². The van der Waals surface area contributed by atoms with E-state index in [1.807, 2.05) is 0 Å². The molecule has 1 aromatic carbocycles. The zero-order valence-electron chi connectivity index (χ0n) is 10.5. The molecule has 21 heavy (non-hydrogen) atoms. The number of furan rings is 1. The van der Waals surface area contributed by atoms with Crippen LogP contribution in [0.4, 0.5) is 10.1 Å². The second-order valence-corrected chi connectivity index (χ2v) is 5.15. The first-order chi connectivity index (χ1) is 9.95. The average molecular weight is 376 g/mol. The molecule has 0 saturated carbocycles. The standard InChI is InChI=1S/C13H9BrClFN2O3/c14-11-4-3-10(21-11)13(20)17-6-12(19)18-7-1-2-9(16)8(15)5-7/h1-5H,6H2,(H,17,20)(H,18,19). The number of benzene rings is 1. The van der Waals surface area contributed by atoms with Crippen LogP contribution in [-0.2, 0) is 4.79 Å². The molecule has 1 aromatic heterocycles. The number of carbonyl (C=O) groups is 2. The van der Waals surface area contributed by atoms with Crippen molar-refractivity contribution >= 4 is 45.0 Å². The first-order valence-corrected chi connectivity index (χ1v) is 6.91. The summed E-state index contributed by atoms with van der Waals surface area (Å²) in [6, 6.07) is 6.81. The third-order valence-electron chi connectivity index (χ3n) is 2.41. The van der Waals surface area contributed by atoms with Gasteiger partial charge in [0.05, 0.1) is 11.6 Å². The van der Waals surface area contributed by atoms with E-state index in [1.54, 1.807) is 6.07 Å². The summed E-state index contributed by atoms with van der Waals surface area (Å²) in [6.45, 7) is -0.258. The van der Waals surface area contributed by atoms with E-state index < -0.39 is 17.6 Å². The molecule has 0 radical (unpaired) electrons. The maximum absolute atomic E-state index is 13.0. The highest BCUT2D eigenvalue weighted by Crippen LogP contribution is 2.19. The third kappa shape index (κ3) is 4.30. The Bertz CT molecular complexity index is 690. The van der Waals surface area contributed by atoms with Crippen molar-refractivity contribution in [1.29, 1.82) is 0 Å². The Labute approximate surface area is 132 Å². The Kier molecular flexibility index (Phi) is 4.98. The van der Waals surface area contributed by atoms with E-state index in [2.05, 4.69) is 26.6 Å². The topological polar surface area (TPSA) is 71.3 Å². The first kappa shape index (κ1) is 15.5. The molecule has 2 rings (SSSR count). The fourth-order valence-electron chi connectivity index (χ4n) is 1.46. The fraction of sp³-hybridized carbons (Fsp3) is 0.0769. The molecule has 110 valence electrons. The molecule has 5 nitrogen and oxygen atoms in total. The SMILES string of the molecule is O=C(CNC(=O)c1ccc(Br)o1)Nc1ccc(F)c(Cl)c1. The average Bonchev–Trinajstić information content (AvgIpc) is 2.87. The molecule has 2 amide bonds. The highest BCUT2D eigenvalue weighted by Gasteiger charge is 2.12. The summed E-state index contributed by atoms with van der Waals surface area (Å²) in [5.74, 6) is -1.49. The van der Waals surface area contributed by atoms with Gasteiger partial charge in [0.15, 0.2) is 10.4 Å². The van der Waals surface area contributed by atoms with Gasteiger partial charge in [-0.05, 0) is 46.3 Å². The highest BCUT2D eigenvalue weighted by atomic mass is 79.9. The Balaban J connectivity index is 1.87. The van der Waals surface area contributed by atoms with Crippen molar-refractivity contribution in [2.75, 3.05) is 11.9 Å². The largest absolute Gasteiger partial charge is 0.444 e. The number of amides is 2. The molecular formula is C13H9BrClFN2O3. The molecule has 8 heteroatoms. The number of carbonyl (C=O) groups excluding carboxylic acids is 2. The van der Waals surface area contributed by atoms with E-state index >= 15 is 0 Å². The molecule has 0 unspecified atom stereocenters. The lowest BCUT2D eigenvalue weighted by Crippen LogP contribution is -2.32. The van der Waals surface area contributed by atoms with Crippen LogP contribution in [0.2, 0.25) is 5.02 Å². The van der Waals surface area contributed by atoms with Crippen molar-refractivity contribution in [3.05, 3.63) is 51.6 Å². The Morgan fingerprint density at radius 2 is 2.05 bits per heavy atom. The van der Waals surface area contributed by atoms with Crippen LogP contribution in [0.5, 0.6) is 0 Å². The molecule has 0 aliphatic carbocycles. The zero-order chi connectivity index (χ0) is 15.4. The van der Waals surface area contributed by atoms with Gasteiger partial charge in [-0.25, -0.2) is 4.39 Å². The van der Waals surface area contributed by atoms with E-state index in [4.69, 9.17) is 16.0 Å². The highest BCUT2D eigenvalue weighted by molar-refractivity contribution is 9.10. The monoisotopic (exact) mass is 374 g/mol. The number of anilines is 1. The second-order valence-electron chi connectivity index (χ2n) is 3.96. The minimum absolute atomic E-state index is 0.0829. The van der Waals surface area contributed by atoms with Gasteiger partial charge in [-0.15, -0.1) is 0 Å². The number of nitrogens with one attached hydrogen (secondary N) is 2. The fourth-order valence-corrected chi connectivity index (χ4v) is 1.95. The Hall–Kier alpha value is -1.86. The number of hydrogen-bond donors (Lipinski definition) is 2. The third-order valence-corrected chi connectivity index (χ3v) is 3.13. The van der Waals surface area contributed by atoms with Gasteiger partial charge >= 0.3 is 0 Å². The molecule has 0 aliphatic rings. The van der Waals surface area contributed by atoms with Crippen LogP contribution in [0, 0.1) is 5.82 Å². The van der Waals surface area contributed by atoms with E-state index in [1.165, 1.54) is 18.2 Å². The Morgan fingerprint density at radius 3 is 2.67 bits per heavy atom. The van der Waals surface area contributed by atoms with Crippen LogP contribution in [-0.4, -0.2) is 18.4 Å². The lowest BCUT2D eigenvalue weighted by atomic mass is 10.3. The van der Waals surface area contributed by atoms with Crippen LogP contribution >= 0.6 is 27.5 Å². The minimum Gasteiger partial charge on any atom is -0.444 e. The summed E-state index contributed by atoms with van der Waals surface area (Å²) in [4.78, 5) is 23.3. The van der Waals surface area contributed by atoms with E-state index in [0.717, 1.165) is 6.07 Å². The summed E-state index contributed by atoms with van der Waals surface area (Å²) < 4.78 is 18.4. The molecular weight excluding hydrogens is 367 g/mol. The summed E-state index contributed by atoms with van der Waals surface area (Å²) in [5.41, 5.74) is 0.335. The maximum Gasteiger partial charge on any atom is 0.287 e. The summed E-state index contributed by atoms with van der Waals surface area (Å²) in [5, 5.41) is 4.76. The molecule has 0 spiro atoms. The predicted molar refractivity (Wildman–Crippen MR) is 78.8 cm³/mol. The molecule has 0 bridgehead atoms. The summed E-state index contributed by atoms with van der Waals surface area (Å²) in [7, 11) is 0. The van der Waals surface area contributed by atoms with Gasteiger partial charge < -0.3 is 15.1 Å². The molecule has 0 aliphatic heterocycles. The smallest absolute Gasteiger partial charge is 0.287 e. The molecule has 1 heterocycles. The summed E-state index contributed by atoms with van der Waals surface area (Å²) in [6.07, 6.45) is 0. The van der Waals surface area contributed by atoms with Crippen molar-refractivity contribution in [3.63, 3.8) is 0 Å². The van der Waals surface area contributed by atoms with Gasteiger partial charge in [0.25, 0.3) is 5.91 Å². The van der Waals surface area contributed by atoms with Crippen LogP contribution < -0.4 is 10.6 Å². The van der Waals surface area contributed by atoms with Gasteiger partial charge in [0, 0.05) is 5.69 Å². The van der Waals surface area contributed by atoms with Gasteiger partial charge in [-0.1, -0.05) is 11.6 Å². The van der Waals surface area contributed by atoms with Gasteiger partial charge in [0.2, 0.25) is 5.91 Å². The van der Waals surface area contributed by atoms with Crippen molar-refractivity contribution in [3.8, 4) is 0 Å². The lowest BCUT2D eigenvalue weighted by molar-refractivity contribution is -0.115. The number of halogens is 3. The summed E-state index contributed by atoms with van der Waals surface area (Å²) >= 11 is 8.66. The van der Waals surface area contributed by atoms with Crippen molar-refractivity contribution in [2.45, 2.75) is 0 Å². The van der Waals surface area contributed by atoms with Crippen molar-refractivity contribution < 1.29 is 18.4 Å². The van der Waals surface area contributed by atoms with Gasteiger partial charge in [-0.3, -0.25) is 9.59 Å². The predicted octanol–water partition coefficient (Wildman–Crippen LogP) is 3.20. The minimum atomic E-state index is -0.577. The maximum atomic E-state index is 13.0. The van der Waals surface area contributed by atoms with Crippen LogP contribution in [0.15, 0.2) is 39.4 Å². The molecule has 2 N–H and O–H groups in total. The zero-order valence-corrected chi connectivity index (χ0v) is 12.8. The van der Waals surface area contributed by atoms with Crippen LogP contribution in [0.3, 0.4) is 0 Å². The van der Waals surface area contributed by atoms with E-state index in [0.29, 0.717) is 10.4 Å². The molecule has 0 saturated heterocycles. The van der Waals surface area contributed by atoms with Crippen molar-refractivity contribution in [1.82, 2.24) is 5.32 Å². The van der Waals surface area contributed by atoms with Gasteiger partial charge in [0.1, 0.15) is 5.82 Å². The molecule has 2 aromatic rings. The second kappa shape index (κ2) is 6.73. The molecule has 0 fully saturated rings. The van der Waals surface area contributed by atoms with Crippen LogP contribution in [0.1, 0.15) is 10.6 Å². The normalized spacial score (nSPS) is 10.2. The first-order valence-electron chi connectivity index (χ1n) is 5.74. The quantitative estimate of drug-likeness (QED) is 0.862. The number of rotatable bonds is 4.